The van der Waals surface area contributed by atoms with Crippen molar-refractivity contribution in [1.82, 2.24) is 9.55 Å². The molecule has 0 bridgehead atoms. The van der Waals surface area contributed by atoms with Crippen LogP contribution in [0.25, 0.3) is 27.6 Å². The zero-order valence-corrected chi connectivity index (χ0v) is 20.8. The van der Waals surface area contributed by atoms with Gasteiger partial charge in [-0.2, -0.15) is 13.2 Å². The van der Waals surface area contributed by atoms with Crippen LogP contribution < -0.4 is 11.3 Å². The van der Waals surface area contributed by atoms with Crippen molar-refractivity contribution < 1.29 is 22.3 Å². The van der Waals surface area contributed by atoms with Gasteiger partial charge >= 0.3 is 6.18 Å². The highest BCUT2D eigenvalue weighted by atomic mass is 19.4. The molecule has 198 valence electrons. The highest BCUT2D eigenvalue weighted by Gasteiger charge is 2.32. The first-order chi connectivity index (χ1) is 18.1. The molecule has 10 heteroatoms. The third-order valence-electron chi connectivity index (χ3n) is 6.88. The van der Waals surface area contributed by atoms with E-state index in [9.17, 15) is 18.0 Å². The molecule has 1 unspecified atom stereocenters. The fraction of sp³-hybridized carbons (Fsp3) is 0.321. The van der Waals surface area contributed by atoms with Gasteiger partial charge < -0.3 is 15.0 Å². The molecule has 1 fully saturated rings. The van der Waals surface area contributed by atoms with Gasteiger partial charge in [-0.25, -0.2) is 9.37 Å². The van der Waals surface area contributed by atoms with Crippen molar-refractivity contribution in [3.05, 3.63) is 81.3 Å². The second kappa shape index (κ2) is 9.83. The number of hydrogen-bond acceptors (Lipinski definition) is 5. The molecule has 2 N–H and O–H groups in total. The van der Waals surface area contributed by atoms with Crippen LogP contribution in [0.4, 0.5) is 17.6 Å². The first kappa shape index (κ1) is 25.8. The number of ether oxygens (including phenoxy) is 1. The van der Waals surface area contributed by atoms with Gasteiger partial charge in [0.1, 0.15) is 11.9 Å². The number of aromatic nitrogens is 2. The molecular weight excluding hydrogens is 500 g/mol. The molecule has 1 atom stereocenters. The molecule has 5 rings (SSSR count). The number of rotatable bonds is 5. The average molecular weight is 527 g/mol. The number of alkyl halides is 3. The molecule has 0 saturated heterocycles. The normalized spacial score (nSPS) is 18.8. The maximum Gasteiger partial charge on any atom is 0.416 e. The second-order valence-corrected chi connectivity index (χ2v) is 9.57. The van der Waals surface area contributed by atoms with Crippen LogP contribution in [0.2, 0.25) is 0 Å². The fourth-order valence-electron chi connectivity index (χ4n) is 4.42. The summed E-state index contributed by atoms with van der Waals surface area (Å²) in [5.74, 6) is -1.08. The van der Waals surface area contributed by atoms with E-state index in [0.717, 1.165) is 30.5 Å². The van der Waals surface area contributed by atoms with E-state index in [0.29, 0.717) is 47.5 Å². The van der Waals surface area contributed by atoms with Crippen LogP contribution in [0.15, 0.2) is 58.0 Å². The van der Waals surface area contributed by atoms with Gasteiger partial charge in [0, 0.05) is 41.7 Å². The Bertz CT molecular complexity index is 1570. The van der Waals surface area contributed by atoms with Gasteiger partial charge in [-0.15, -0.1) is 0 Å². The molecule has 0 radical (unpaired) electrons. The third-order valence-corrected chi connectivity index (χ3v) is 6.88. The summed E-state index contributed by atoms with van der Waals surface area (Å²) in [4.78, 5) is 22.4. The molecule has 3 aromatic rings. The number of pyridine rings is 2. The number of fused-ring (bicyclic) bond motifs is 1. The van der Waals surface area contributed by atoms with E-state index in [1.54, 1.807) is 32.3 Å². The van der Waals surface area contributed by atoms with E-state index in [-0.39, 0.29) is 22.2 Å². The molecule has 0 spiro atoms. The molecule has 6 nitrogen and oxygen atoms in total. The van der Waals surface area contributed by atoms with Crippen LogP contribution in [-0.2, 0) is 18.0 Å². The molecule has 38 heavy (non-hydrogen) atoms. The summed E-state index contributed by atoms with van der Waals surface area (Å²) in [7, 11) is 1.62. The van der Waals surface area contributed by atoms with Crippen molar-refractivity contribution in [1.29, 1.82) is 0 Å². The summed E-state index contributed by atoms with van der Waals surface area (Å²) in [6.07, 6.45) is 2.34. The summed E-state index contributed by atoms with van der Waals surface area (Å²) in [6.45, 7) is 2.07. The van der Waals surface area contributed by atoms with E-state index < -0.39 is 23.7 Å². The zero-order valence-electron chi connectivity index (χ0n) is 20.8. The van der Waals surface area contributed by atoms with Crippen LogP contribution in [0, 0.1) is 12.7 Å². The lowest BCUT2D eigenvalue weighted by atomic mass is 9.96. The van der Waals surface area contributed by atoms with Gasteiger partial charge in [-0.3, -0.25) is 9.79 Å². The average Bonchev–Trinajstić information content (AvgIpc) is 3.72. The minimum absolute atomic E-state index is 0.0957. The van der Waals surface area contributed by atoms with E-state index in [2.05, 4.69) is 9.98 Å². The number of nitrogens with two attached hydrogens (primary N) is 1. The number of aliphatic imine (C=N–C) groups is 1. The summed E-state index contributed by atoms with van der Waals surface area (Å²) in [5, 5.41) is 0.641. The smallest absolute Gasteiger partial charge is 0.404 e. The van der Waals surface area contributed by atoms with Crippen LogP contribution in [0.3, 0.4) is 0 Å². The highest BCUT2D eigenvalue weighted by Crippen LogP contribution is 2.36. The van der Waals surface area contributed by atoms with Gasteiger partial charge in [0.05, 0.1) is 35.0 Å². The molecular formula is C28H26F4N4O2. The molecule has 2 aromatic heterocycles. The molecule has 1 aromatic carbocycles. The van der Waals surface area contributed by atoms with Gasteiger partial charge in [0.15, 0.2) is 0 Å². The largest absolute Gasteiger partial charge is 0.416 e. The Morgan fingerprint density at radius 1 is 1.21 bits per heavy atom. The molecule has 1 aliphatic carbocycles. The van der Waals surface area contributed by atoms with Crippen molar-refractivity contribution in [3.63, 3.8) is 0 Å². The van der Waals surface area contributed by atoms with Crippen molar-refractivity contribution in [2.75, 3.05) is 6.61 Å². The lowest BCUT2D eigenvalue weighted by Crippen LogP contribution is -2.22. The van der Waals surface area contributed by atoms with Gasteiger partial charge in [0.25, 0.3) is 5.56 Å². The van der Waals surface area contributed by atoms with Crippen LogP contribution in [0.5, 0.6) is 0 Å². The maximum absolute atomic E-state index is 15.1. The quantitative estimate of drug-likeness (QED) is 0.361. The van der Waals surface area contributed by atoms with Crippen LogP contribution >= 0.6 is 0 Å². The van der Waals surface area contributed by atoms with Crippen molar-refractivity contribution in [2.45, 2.75) is 44.5 Å². The van der Waals surface area contributed by atoms with Gasteiger partial charge in [0.2, 0.25) is 0 Å². The molecule has 1 aliphatic heterocycles. The second-order valence-electron chi connectivity index (χ2n) is 9.57. The Morgan fingerprint density at radius 3 is 2.63 bits per heavy atom. The first-order valence-corrected chi connectivity index (χ1v) is 12.2. The number of hydrogen-bond donors (Lipinski definition) is 1. The Balaban J connectivity index is 1.67. The third kappa shape index (κ3) is 5.00. The summed E-state index contributed by atoms with van der Waals surface area (Å²) >= 11 is 0. The van der Waals surface area contributed by atoms with E-state index in [1.807, 2.05) is 6.08 Å². The summed E-state index contributed by atoms with van der Waals surface area (Å²) < 4.78 is 62.0. The summed E-state index contributed by atoms with van der Waals surface area (Å²) in [6, 6.07) is 5.95. The van der Waals surface area contributed by atoms with Gasteiger partial charge in [-0.05, 0) is 68.2 Å². The Labute approximate surface area is 216 Å². The lowest BCUT2D eigenvalue weighted by Gasteiger charge is -2.23. The SMILES string of the molecule is Cc1cc2c(-c3ccc(C(F)(F)F)cc3F)nc(C3=CC(/C(C=NC4CC4)=C/N)OCC3)cc2c(=O)n1C. The fourth-order valence-corrected chi connectivity index (χ4v) is 4.42. The summed E-state index contributed by atoms with van der Waals surface area (Å²) in [5.41, 5.74) is 6.82. The monoisotopic (exact) mass is 526 g/mol. The predicted molar refractivity (Wildman–Crippen MR) is 138 cm³/mol. The van der Waals surface area contributed by atoms with Crippen LogP contribution in [-0.4, -0.2) is 34.5 Å². The van der Waals surface area contributed by atoms with E-state index in [4.69, 9.17) is 10.5 Å². The maximum atomic E-state index is 15.1. The van der Waals surface area contributed by atoms with Crippen molar-refractivity contribution in [3.8, 4) is 11.3 Å². The topological polar surface area (TPSA) is 82.5 Å². The van der Waals surface area contributed by atoms with Crippen molar-refractivity contribution in [2.24, 2.45) is 17.8 Å². The number of nitrogens with zero attached hydrogens (tertiary/aromatic N) is 3. The standard InChI is InChI=1S/C28H26F4N4O2/c1-15-9-21-22(27(37)36(15)2)12-24(35-26(21)20-6-3-18(11-23(20)29)28(30,31)32)16-7-8-38-25(10-16)17(13-33)14-34-19-4-5-19/h3,6,9-14,19,25H,4-5,7-8,33H2,1-2H3/b17-13+,34-14?. The van der Waals surface area contributed by atoms with E-state index in [1.165, 1.54) is 10.8 Å². The predicted octanol–water partition coefficient (Wildman–Crippen LogP) is 5.31. The van der Waals surface area contributed by atoms with Crippen LogP contribution in [0.1, 0.15) is 36.2 Å². The zero-order chi connectivity index (χ0) is 27.2. The first-order valence-electron chi connectivity index (χ1n) is 12.2. The Hall–Kier alpha value is -3.79. The number of benzene rings is 1. The highest BCUT2D eigenvalue weighted by molar-refractivity contribution is 5.96. The number of halogens is 4. The molecule has 3 heterocycles. The molecule has 2 aliphatic rings. The van der Waals surface area contributed by atoms with E-state index >= 15 is 4.39 Å². The van der Waals surface area contributed by atoms with Crippen molar-refractivity contribution >= 4 is 22.6 Å². The molecule has 1 saturated carbocycles. The van der Waals surface area contributed by atoms with Gasteiger partial charge in [-0.1, -0.05) is 0 Å². The Morgan fingerprint density at radius 2 is 1.97 bits per heavy atom. The molecule has 0 amide bonds. The lowest BCUT2D eigenvalue weighted by molar-refractivity contribution is -0.137. The minimum atomic E-state index is -4.69. The minimum Gasteiger partial charge on any atom is -0.404 e. The Kier molecular flexibility index (Phi) is 6.68. The number of aryl methyl sites for hydroxylation is 1.